The molecule has 0 spiro atoms. The van der Waals surface area contributed by atoms with Crippen molar-refractivity contribution in [3.63, 3.8) is 0 Å². The summed E-state index contributed by atoms with van der Waals surface area (Å²) in [7, 11) is -3.38. The first kappa shape index (κ1) is 22.3. The number of carbonyl (C=O) groups is 1. The van der Waals surface area contributed by atoms with Gasteiger partial charge in [-0.2, -0.15) is 11.8 Å². The third-order valence-corrected chi connectivity index (χ3v) is 6.39. The standard InChI is InChI=1S/C21H28N2O3S2/c1-18-10-12-20(13-11-18)23(28(2,25)26)15-6-9-21(24)22-14-16-27-17-19-7-4-3-5-8-19/h3-5,7-8,10-13H,6,9,14-17H2,1-2H3,(H,22,24). The van der Waals surface area contributed by atoms with Crippen LogP contribution >= 0.6 is 11.8 Å². The Bertz CT molecular complexity index is 838. The summed E-state index contributed by atoms with van der Waals surface area (Å²) in [6.07, 6.45) is 1.97. The lowest BCUT2D eigenvalue weighted by Gasteiger charge is -2.22. The maximum atomic E-state index is 12.1. The molecule has 0 atom stereocenters. The second-order valence-electron chi connectivity index (χ2n) is 6.66. The van der Waals surface area contributed by atoms with E-state index >= 15 is 0 Å². The number of hydrogen-bond donors (Lipinski definition) is 1. The van der Waals surface area contributed by atoms with Crippen molar-refractivity contribution in [1.82, 2.24) is 5.32 Å². The molecule has 0 aromatic heterocycles. The lowest BCUT2D eigenvalue weighted by molar-refractivity contribution is -0.121. The van der Waals surface area contributed by atoms with Crippen LogP contribution in [0.1, 0.15) is 24.0 Å². The highest BCUT2D eigenvalue weighted by Crippen LogP contribution is 2.19. The van der Waals surface area contributed by atoms with E-state index in [1.54, 1.807) is 23.9 Å². The summed E-state index contributed by atoms with van der Waals surface area (Å²) in [5.74, 6) is 1.73. The van der Waals surface area contributed by atoms with Gasteiger partial charge < -0.3 is 5.32 Å². The van der Waals surface area contributed by atoms with Gasteiger partial charge in [0.25, 0.3) is 0 Å². The van der Waals surface area contributed by atoms with Gasteiger partial charge in [-0.1, -0.05) is 48.0 Å². The molecule has 152 valence electrons. The van der Waals surface area contributed by atoms with Crippen LogP contribution in [0, 0.1) is 6.92 Å². The highest BCUT2D eigenvalue weighted by Gasteiger charge is 2.17. The van der Waals surface area contributed by atoms with Crippen LogP contribution in [0.25, 0.3) is 0 Å². The van der Waals surface area contributed by atoms with Gasteiger partial charge in [0.15, 0.2) is 0 Å². The average Bonchev–Trinajstić information content (AvgIpc) is 2.66. The Morgan fingerprint density at radius 1 is 1.07 bits per heavy atom. The molecule has 1 amide bonds. The van der Waals surface area contributed by atoms with Crippen LogP contribution in [0.2, 0.25) is 0 Å². The molecule has 0 bridgehead atoms. The number of nitrogens with one attached hydrogen (secondary N) is 1. The van der Waals surface area contributed by atoms with E-state index in [1.807, 2.05) is 37.3 Å². The number of rotatable bonds is 11. The second-order valence-corrected chi connectivity index (χ2v) is 9.67. The molecule has 2 aromatic carbocycles. The van der Waals surface area contributed by atoms with Gasteiger partial charge in [0.05, 0.1) is 11.9 Å². The van der Waals surface area contributed by atoms with Crippen LogP contribution in [0.4, 0.5) is 5.69 Å². The van der Waals surface area contributed by atoms with Crippen molar-refractivity contribution < 1.29 is 13.2 Å². The number of thioether (sulfide) groups is 1. The van der Waals surface area contributed by atoms with E-state index in [0.29, 0.717) is 25.1 Å². The normalized spacial score (nSPS) is 11.2. The number of benzene rings is 2. The summed E-state index contributed by atoms with van der Waals surface area (Å²) in [5, 5.41) is 2.90. The number of aryl methyl sites for hydroxylation is 1. The minimum Gasteiger partial charge on any atom is -0.355 e. The van der Waals surface area contributed by atoms with Crippen molar-refractivity contribution in [3.8, 4) is 0 Å². The topological polar surface area (TPSA) is 66.5 Å². The van der Waals surface area contributed by atoms with Gasteiger partial charge in [0.1, 0.15) is 0 Å². The first-order valence-corrected chi connectivity index (χ1v) is 12.3. The molecule has 1 N–H and O–H groups in total. The fourth-order valence-corrected chi connectivity index (χ4v) is 4.48. The van der Waals surface area contributed by atoms with Crippen molar-refractivity contribution in [1.29, 1.82) is 0 Å². The Labute approximate surface area is 172 Å². The zero-order valence-corrected chi connectivity index (χ0v) is 18.1. The van der Waals surface area contributed by atoms with Gasteiger partial charge in [0.2, 0.25) is 15.9 Å². The number of sulfonamides is 1. The van der Waals surface area contributed by atoms with E-state index in [9.17, 15) is 13.2 Å². The molecule has 28 heavy (non-hydrogen) atoms. The fraction of sp³-hybridized carbons (Fsp3) is 0.381. The third-order valence-electron chi connectivity index (χ3n) is 4.17. The van der Waals surface area contributed by atoms with Crippen LogP contribution in [0.15, 0.2) is 54.6 Å². The van der Waals surface area contributed by atoms with Crippen LogP contribution in [-0.4, -0.2) is 39.4 Å². The predicted molar refractivity (Wildman–Crippen MR) is 118 cm³/mol. The third kappa shape index (κ3) is 7.94. The van der Waals surface area contributed by atoms with E-state index < -0.39 is 10.0 Å². The molecular formula is C21H28N2O3S2. The van der Waals surface area contributed by atoms with Crippen molar-refractivity contribution in [2.75, 3.05) is 29.4 Å². The Balaban J connectivity index is 1.68. The molecule has 0 saturated carbocycles. The zero-order chi connectivity index (χ0) is 20.4. The molecule has 0 fully saturated rings. The monoisotopic (exact) mass is 420 g/mol. The van der Waals surface area contributed by atoms with E-state index in [1.165, 1.54) is 16.1 Å². The van der Waals surface area contributed by atoms with E-state index in [4.69, 9.17) is 0 Å². The SMILES string of the molecule is Cc1ccc(N(CCCC(=O)NCCSCc2ccccc2)S(C)(=O)=O)cc1. The number of nitrogens with zero attached hydrogens (tertiary/aromatic N) is 1. The zero-order valence-electron chi connectivity index (χ0n) is 16.4. The molecule has 0 radical (unpaired) electrons. The van der Waals surface area contributed by atoms with Crippen molar-refractivity contribution >= 4 is 33.4 Å². The van der Waals surface area contributed by atoms with Crippen LogP contribution in [0.3, 0.4) is 0 Å². The van der Waals surface area contributed by atoms with Crippen molar-refractivity contribution in [2.45, 2.75) is 25.5 Å². The maximum absolute atomic E-state index is 12.1. The first-order chi connectivity index (χ1) is 13.4. The largest absolute Gasteiger partial charge is 0.355 e. The number of hydrogen-bond acceptors (Lipinski definition) is 4. The van der Waals surface area contributed by atoms with Gasteiger partial charge in [0, 0.05) is 31.0 Å². The number of carbonyl (C=O) groups excluding carboxylic acids is 1. The highest BCUT2D eigenvalue weighted by molar-refractivity contribution is 7.98. The molecule has 2 rings (SSSR count). The minimum absolute atomic E-state index is 0.0438. The molecule has 0 heterocycles. The lowest BCUT2D eigenvalue weighted by Crippen LogP contribution is -2.32. The van der Waals surface area contributed by atoms with Gasteiger partial charge >= 0.3 is 0 Å². The smallest absolute Gasteiger partial charge is 0.232 e. The number of amides is 1. The molecular weight excluding hydrogens is 392 g/mol. The van der Waals surface area contributed by atoms with Gasteiger partial charge in [-0.05, 0) is 31.0 Å². The quantitative estimate of drug-likeness (QED) is 0.564. The first-order valence-electron chi connectivity index (χ1n) is 9.29. The van der Waals surface area contributed by atoms with E-state index in [2.05, 4.69) is 17.4 Å². The molecule has 7 heteroatoms. The fourth-order valence-electron chi connectivity index (χ4n) is 2.70. The molecule has 5 nitrogen and oxygen atoms in total. The minimum atomic E-state index is -3.38. The maximum Gasteiger partial charge on any atom is 0.232 e. The summed E-state index contributed by atoms with van der Waals surface area (Å²) in [4.78, 5) is 12.0. The molecule has 0 unspecified atom stereocenters. The summed E-state index contributed by atoms with van der Waals surface area (Å²) >= 11 is 1.78. The average molecular weight is 421 g/mol. The second kappa shape index (κ2) is 11.1. The number of anilines is 1. The Hall–Kier alpha value is -1.99. The molecule has 0 aliphatic carbocycles. The Morgan fingerprint density at radius 3 is 2.39 bits per heavy atom. The van der Waals surface area contributed by atoms with E-state index in [-0.39, 0.29) is 12.5 Å². The lowest BCUT2D eigenvalue weighted by atomic mass is 10.2. The molecule has 0 saturated heterocycles. The Kier molecular flexibility index (Phi) is 8.86. The predicted octanol–water partition coefficient (Wildman–Crippen LogP) is 3.59. The molecule has 0 aliphatic heterocycles. The summed E-state index contributed by atoms with van der Waals surface area (Å²) in [6, 6.07) is 17.6. The van der Waals surface area contributed by atoms with Crippen LogP contribution in [0.5, 0.6) is 0 Å². The Morgan fingerprint density at radius 2 is 1.75 bits per heavy atom. The van der Waals surface area contributed by atoms with Crippen LogP contribution in [-0.2, 0) is 20.6 Å². The van der Waals surface area contributed by atoms with E-state index in [0.717, 1.165) is 17.1 Å². The summed E-state index contributed by atoms with van der Waals surface area (Å²) < 4.78 is 25.5. The van der Waals surface area contributed by atoms with Gasteiger partial charge in [-0.25, -0.2) is 8.42 Å². The highest BCUT2D eigenvalue weighted by atomic mass is 32.2. The van der Waals surface area contributed by atoms with Gasteiger partial charge in [-0.15, -0.1) is 0 Å². The van der Waals surface area contributed by atoms with Crippen molar-refractivity contribution in [2.24, 2.45) is 0 Å². The molecule has 0 aliphatic rings. The van der Waals surface area contributed by atoms with Crippen molar-refractivity contribution in [3.05, 3.63) is 65.7 Å². The van der Waals surface area contributed by atoms with Crippen LogP contribution < -0.4 is 9.62 Å². The summed E-state index contributed by atoms with van der Waals surface area (Å²) in [6.45, 7) is 2.86. The molecule has 2 aromatic rings. The summed E-state index contributed by atoms with van der Waals surface area (Å²) in [5.41, 5.74) is 2.98. The van der Waals surface area contributed by atoms with Gasteiger partial charge in [-0.3, -0.25) is 9.10 Å².